The summed E-state index contributed by atoms with van der Waals surface area (Å²) in [4.78, 5) is 48.3. The third-order valence-corrected chi connectivity index (χ3v) is 3.55. The molecule has 0 unspecified atom stereocenters. The second-order valence-electron chi connectivity index (χ2n) is 5.97. The summed E-state index contributed by atoms with van der Waals surface area (Å²) in [5.41, 5.74) is 0.966. The lowest BCUT2D eigenvalue weighted by Crippen LogP contribution is -2.27. The molecule has 1 aromatic carbocycles. The van der Waals surface area contributed by atoms with Gasteiger partial charge < -0.3 is 24.7 Å². The molecular formula is C19H21N3O6. The van der Waals surface area contributed by atoms with Gasteiger partial charge in [-0.15, -0.1) is 0 Å². The maximum absolute atomic E-state index is 11.8. The Kier molecular flexibility index (Phi) is 7.32. The Hall–Kier alpha value is -3.62. The summed E-state index contributed by atoms with van der Waals surface area (Å²) in [6.07, 6.45) is 1.29. The highest BCUT2D eigenvalue weighted by Crippen LogP contribution is 2.10. The van der Waals surface area contributed by atoms with Crippen molar-refractivity contribution in [3.05, 3.63) is 54.0 Å². The third kappa shape index (κ3) is 6.27. The number of esters is 1. The molecule has 0 saturated heterocycles. The van der Waals surface area contributed by atoms with E-state index in [2.05, 4.69) is 10.6 Å². The molecule has 0 radical (unpaired) electrons. The van der Waals surface area contributed by atoms with Crippen LogP contribution >= 0.6 is 0 Å². The van der Waals surface area contributed by atoms with E-state index in [0.29, 0.717) is 11.3 Å². The number of nitrogens with one attached hydrogen (secondary N) is 2. The Morgan fingerprint density at radius 3 is 2.39 bits per heavy atom. The van der Waals surface area contributed by atoms with Crippen LogP contribution in [0.5, 0.6) is 0 Å². The van der Waals surface area contributed by atoms with Crippen molar-refractivity contribution >= 4 is 29.4 Å². The molecule has 2 aromatic rings. The third-order valence-electron chi connectivity index (χ3n) is 3.55. The molecule has 2 N–H and O–H groups in total. The van der Waals surface area contributed by atoms with Crippen molar-refractivity contribution in [2.75, 3.05) is 32.6 Å². The smallest absolute Gasteiger partial charge is 0.308 e. The van der Waals surface area contributed by atoms with Crippen LogP contribution in [0.2, 0.25) is 0 Å². The average Bonchev–Trinajstić information content (AvgIpc) is 3.21. The van der Waals surface area contributed by atoms with Gasteiger partial charge in [0.25, 0.3) is 17.7 Å². The number of furan rings is 1. The lowest BCUT2D eigenvalue weighted by molar-refractivity contribution is -0.147. The van der Waals surface area contributed by atoms with Gasteiger partial charge in [-0.3, -0.25) is 19.2 Å². The highest BCUT2D eigenvalue weighted by atomic mass is 16.5. The van der Waals surface area contributed by atoms with Crippen LogP contribution in [-0.4, -0.2) is 55.8 Å². The van der Waals surface area contributed by atoms with Crippen molar-refractivity contribution in [2.24, 2.45) is 0 Å². The van der Waals surface area contributed by atoms with Gasteiger partial charge in [0.05, 0.1) is 12.7 Å². The van der Waals surface area contributed by atoms with Crippen LogP contribution < -0.4 is 10.6 Å². The number of hydrogen-bond acceptors (Lipinski definition) is 6. The minimum atomic E-state index is -0.623. The lowest BCUT2D eigenvalue weighted by Gasteiger charge is -2.11. The number of carbonyl (C=O) groups excluding carboxylic acids is 4. The van der Waals surface area contributed by atoms with Gasteiger partial charge in [-0.1, -0.05) is 0 Å². The summed E-state index contributed by atoms with van der Waals surface area (Å²) in [6.45, 7) is -0.398. The molecule has 0 aliphatic heterocycles. The standard InChI is InChI=1S/C19H21N3O6/c1-22(2)19(26)13-5-7-14(8-6-13)21-16(23)12-28-17(24)9-10-20-18(25)15-4-3-11-27-15/h3-8,11H,9-10,12H2,1-2H3,(H,20,25)(H,21,23). The highest BCUT2D eigenvalue weighted by Gasteiger charge is 2.12. The molecule has 0 saturated carbocycles. The van der Waals surface area contributed by atoms with Crippen molar-refractivity contribution in [3.8, 4) is 0 Å². The Bertz CT molecular complexity index is 828. The van der Waals surface area contributed by atoms with Crippen molar-refractivity contribution in [1.82, 2.24) is 10.2 Å². The second-order valence-corrected chi connectivity index (χ2v) is 5.97. The van der Waals surface area contributed by atoms with Crippen LogP contribution in [0, 0.1) is 0 Å². The fourth-order valence-corrected chi connectivity index (χ4v) is 2.14. The first kappa shape index (κ1) is 20.7. The van der Waals surface area contributed by atoms with Gasteiger partial charge in [-0.05, 0) is 36.4 Å². The fourth-order valence-electron chi connectivity index (χ4n) is 2.14. The molecule has 9 heteroatoms. The van der Waals surface area contributed by atoms with Gasteiger partial charge in [0, 0.05) is 31.9 Å². The van der Waals surface area contributed by atoms with Gasteiger partial charge in [0.2, 0.25) is 0 Å². The van der Waals surface area contributed by atoms with Crippen molar-refractivity contribution in [3.63, 3.8) is 0 Å². The fraction of sp³-hybridized carbons (Fsp3) is 0.263. The number of hydrogen-bond donors (Lipinski definition) is 2. The first-order valence-corrected chi connectivity index (χ1v) is 8.45. The zero-order chi connectivity index (χ0) is 20.5. The number of rotatable bonds is 8. The number of ether oxygens (including phenoxy) is 1. The maximum atomic E-state index is 11.8. The normalized spacial score (nSPS) is 10.1. The largest absolute Gasteiger partial charge is 0.459 e. The Morgan fingerprint density at radius 2 is 1.79 bits per heavy atom. The zero-order valence-corrected chi connectivity index (χ0v) is 15.6. The predicted molar refractivity (Wildman–Crippen MR) is 99.7 cm³/mol. The summed E-state index contributed by atoms with van der Waals surface area (Å²) in [5, 5.41) is 5.06. The molecule has 3 amide bonds. The summed E-state index contributed by atoms with van der Waals surface area (Å²) < 4.78 is 9.77. The van der Waals surface area contributed by atoms with Gasteiger partial charge >= 0.3 is 5.97 Å². The Labute approximate surface area is 161 Å². The molecule has 0 bridgehead atoms. The minimum absolute atomic E-state index is 0.0569. The van der Waals surface area contributed by atoms with Gasteiger partial charge in [-0.2, -0.15) is 0 Å². The van der Waals surface area contributed by atoms with Crippen LogP contribution in [0.1, 0.15) is 27.3 Å². The minimum Gasteiger partial charge on any atom is -0.459 e. The van der Waals surface area contributed by atoms with Crippen molar-refractivity contribution < 1.29 is 28.3 Å². The van der Waals surface area contributed by atoms with E-state index in [0.717, 1.165) is 0 Å². The van der Waals surface area contributed by atoms with Crippen LogP contribution in [0.15, 0.2) is 47.1 Å². The predicted octanol–water partition coefficient (Wildman–Crippen LogP) is 1.28. The Balaban J connectivity index is 1.68. The van der Waals surface area contributed by atoms with E-state index >= 15 is 0 Å². The molecule has 0 aliphatic rings. The van der Waals surface area contributed by atoms with E-state index < -0.39 is 24.4 Å². The van der Waals surface area contributed by atoms with Crippen LogP contribution in [0.25, 0.3) is 0 Å². The molecule has 28 heavy (non-hydrogen) atoms. The lowest BCUT2D eigenvalue weighted by atomic mass is 10.2. The Morgan fingerprint density at radius 1 is 1.07 bits per heavy atom. The molecule has 1 aromatic heterocycles. The average molecular weight is 387 g/mol. The quantitative estimate of drug-likeness (QED) is 0.659. The number of benzene rings is 1. The molecule has 1 heterocycles. The first-order chi connectivity index (χ1) is 13.4. The molecule has 0 fully saturated rings. The van der Waals surface area contributed by atoms with E-state index in [1.807, 2.05) is 0 Å². The van der Waals surface area contributed by atoms with E-state index in [-0.39, 0.29) is 24.6 Å². The SMILES string of the molecule is CN(C)C(=O)c1ccc(NC(=O)COC(=O)CCNC(=O)c2ccco2)cc1. The number of carbonyl (C=O) groups is 4. The summed E-state index contributed by atoms with van der Waals surface area (Å²) in [5.74, 6) is -1.58. The number of anilines is 1. The number of amides is 3. The molecule has 0 aliphatic carbocycles. The second kappa shape index (κ2) is 9.91. The van der Waals surface area contributed by atoms with Gasteiger partial charge in [0.1, 0.15) is 0 Å². The summed E-state index contributed by atoms with van der Waals surface area (Å²) in [6, 6.07) is 9.43. The van der Waals surface area contributed by atoms with Crippen molar-refractivity contribution in [1.29, 1.82) is 0 Å². The van der Waals surface area contributed by atoms with E-state index in [1.54, 1.807) is 44.4 Å². The summed E-state index contributed by atoms with van der Waals surface area (Å²) in [7, 11) is 3.30. The van der Waals surface area contributed by atoms with E-state index in [9.17, 15) is 19.2 Å². The first-order valence-electron chi connectivity index (χ1n) is 8.45. The molecular weight excluding hydrogens is 366 g/mol. The monoisotopic (exact) mass is 387 g/mol. The number of nitrogens with zero attached hydrogens (tertiary/aromatic N) is 1. The zero-order valence-electron chi connectivity index (χ0n) is 15.6. The van der Waals surface area contributed by atoms with Gasteiger partial charge in [0.15, 0.2) is 12.4 Å². The molecule has 148 valence electrons. The van der Waals surface area contributed by atoms with Crippen LogP contribution in [0.3, 0.4) is 0 Å². The molecule has 0 atom stereocenters. The van der Waals surface area contributed by atoms with Crippen LogP contribution in [0.4, 0.5) is 5.69 Å². The molecule has 0 spiro atoms. The maximum Gasteiger partial charge on any atom is 0.308 e. The van der Waals surface area contributed by atoms with E-state index in [4.69, 9.17) is 9.15 Å². The molecule has 2 rings (SSSR count). The van der Waals surface area contributed by atoms with Gasteiger partial charge in [-0.25, -0.2) is 0 Å². The van der Waals surface area contributed by atoms with Crippen LogP contribution in [-0.2, 0) is 14.3 Å². The summed E-state index contributed by atoms with van der Waals surface area (Å²) >= 11 is 0. The van der Waals surface area contributed by atoms with E-state index in [1.165, 1.54) is 17.2 Å². The molecule has 9 nitrogen and oxygen atoms in total. The van der Waals surface area contributed by atoms with Crippen molar-refractivity contribution in [2.45, 2.75) is 6.42 Å². The highest BCUT2D eigenvalue weighted by molar-refractivity contribution is 5.96. The topological polar surface area (TPSA) is 118 Å².